The van der Waals surface area contributed by atoms with Crippen LogP contribution in [0.3, 0.4) is 0 Å². The number of anilines is 1. The molecule has 6 nitrogen and oxygen atoms in total. The van der Waals surface area contributed by atoms with Crippen molar-refractivity contribution in [3.63, 3.8) is 0 Å². The maximum atomic E-state index is 12.8. The van der Waals surface area contributed by atoms with E-state index in [1.807, 2.05) is 6.92 Å². The highest BCUT2D eigenvalue weighted by Crippen LogP contribution is 2.18. The minimum Gasteiger partial charge on any atom is -0.452 e. The molecule has 3 aromatic rings. The first kappa shape index (κ1) is 22.6. The van der Waals surface area contributed by atoms with E-state index in [0.717, 1.165) is 5.56 Å². The van der Waals surface area contributed by atoms with Gasteiger partial charge in [-0.05, 0) is 37.3 Å². The summed E-state index contributed by atoms with van der Waals surface area (Å²) in [4.78, 5) is 37.4. The lowest BCUT2D eigenvalue weighted by Crippen LogP contribution is -2.22. The third-order valence-corrected chi connectivity index (χ3v) is 4.40. The molecule has 0 aromatic heterocycles. The maximum absolute atomic E-state index is 12.8. The van der Waals surface area contributed by atoms with Crippen LogP contribution in [-0.4, -0.2) is 30.9 Å². The zero-order valence-electron chi connectivity index (χ0n) is 17.0. The van der Waals surface area contributed by atoms with Gasteiger partial charge in [-0.2, -0.15) is 8.78 Å². The number of carbonyl (C=O) groups excluding carboxylic acids is 3. The van der Waals surface area contributed by atoms with Crippen molar-refractivity contribution in [1.29, 1.82) is 0 Å². The number of benzene rings is 3. The summed E-state index contributed by atoms with van der Waals surface area (Å²) in [5.74, 6) is -1.85. The van der Waals surface area contributed by atoms with E-state index in [4.69, 9.17) is 4.74 Å². The SMILES string of the molecule is Cc1ccc(C(=O)c2ccccc2C(=O)OCC(=O)Nc2ccc(OC(F)F)cc2)cc1. The molecule has 3 aromatic carbocycles. The summed E-state index contributed by atoms with van der Waals surface area (Å²) in [6.45, 7) is -1.65. The lowest BCUT2D eigenvalue weighted by Gasteiger charge is -2.10. The molecule has 32 heavy (non-hydrogen) atoms. The van der Waals surface area contributed by atoms with Crippen molar-refractivity contribution < 1.29 is 32.6 Å². The second kappa shape index (κ2) is 10.3. The molecule has 0 saturated heterocycles. The number of aryl methyl sites for hydroxylation is 1. The Bertz CT molecular complexity index is 1110. The Hall–Kier alpha value is -4.07. The fourth-order valence-electron chi connectivity index (χ4n) is 2.85. The van der Waals surface area contributed by atoms with Gasteiger partial charge in [0.15, 0.2) is 12.4 Å². The number of halogens is 2. The smallest absolute Gasteiger partial charge is 0.387 e. The molecule has 0 radical (unpaired) electrons. The van der Waals surface area contributed by atoms with Gasteiger partial charge in [0, 0.05) is 16.8 Å². The van der Waals surface area contributed by atoms with Gasteiger partial charge in [0.25, 0.3) is 5.91 Å². The summed E-state index contributed by atoms with van der Waals surface area (Å²) >= 11 is 0. The Morgan fingerprint density at radius 1 is 0.875 bits per heavy atom. The largest absolute Gasteiger partial charge is 0.452 e. The minimum absolute atomic E-state index is 0.0411. The number of amides is 1. The quantitative estimate of drug-likeness (QED) is 0.409. The van der Waals surface area contributed by atoms with E-state index in [1.54, 1.807) is 36.4 Å². The fourth-order valence-corrected chi connectivity index (χ4v) is 2.85. The minimum atomic E-state index is -2.95. The second-order valence-electron chi connectivity index (χ2n) is 6.77. The van der Waals surface area contributed by atoms with E-state index in [9.17, 15) is 23.2 Å². The van der Waals surface area contributed by atoms with Crippen LogP contribution in [0.5, 0.6) is 5.75 Å². The molecule has 3 rings (SSSR count). The zero-order chi connectivity index (χ0) is 23.1. The highest BCUT2D eigenvalue weighted by Gasteiger charge is 2.20. The Morgan fingerprint density at radius 2 is 1.50 bits per heavy atom. The Balaban J connectivity index is 1.62. The standard InChI is InChI=1S/C24H19F2NO5/c1-15-6-8-16(9-7-15)22(29)19-4-2-3-5-20(19)23(30)31-14-21(28)27-17-10-12-18(13-11-17)32-24(25)26/h2-13,24H,14H2,1H3,(H,27,28). The number of ketones is 1. The van der Waals surface area contributed by atoms with Crippen LogP contribution in [0, 0.1) is 6.92 Å². The first-order valence-corrected chi connectivity index (χ1v) is 9.56. The molecule has 0 heterocycles. The van der Waals surface area contributed by atoms with Crippen molar-refractivity contribution >= 4 is 23.3 Å². The molecule has 0 aliphatic heterocycles. The van der Waals surface area contributed by atoms with Gasteiger partial charge in [-0.1, -0.05) is 48.0 Å². The third-order valence-electron chi connectivity index (χ3n) is 4.40. The number of alkyl halides is 2. The van der Waals surface area contributed by atoms with Crippen LogP contribution in [0.1, 0.15) is 31.8 Å². The fraction of sp³-hybridized carbons (Fsp3) is 0.125. The summed E-state index contributed by atoms with van der Waals surface area (Å²) in [6, 6.07) is 18.4. The number of esters is 1. The molecule has 0 unspecified atom stereocenters. The van der Waals surface area contributed by atoms with Crippen molar-refractivity contribution in [2.24, 2.45) is 0 Å². The van der Waals surface area contributed by atoms with Crippen LogP contribution < -0.4 is 10.1 Å². The number of hydrogen-bond donors (Lipinski definition) is 1. The van der Waals surface area contributed by atoms with Crippen LogP contribution in [0.15, 0.2) is 72.8 Å². The molecule has 1 amide bonds. The van der Waals surface area contributed by atoms with E-state index in [2.05, 4.69) is 10.1 Å². The normalized spacial score (nSPS) is 10.5. The topological polar surface area (TPSA) is 81.7 Å². The van der Waals surface area contributed by atoms with E-state index in [1.165, 1.54) is 36.4 Å². The molecular formula is C24H19F2NO5. The monoisotopic (exact) mass is 439 g/mol. The molecule has 0 aliphatic carbocycles. The van der Waals surface area contributed by atoms with E-state index >= 15 is 0 Å². The molecule has 0 aliphatic rings. The van der Waals surface area contributed by atoms with Gasteiger partial charge in [0.1, 0.15) is 5.75 Å². The number of rotatable bonds is 8. The molecule has 0 saturated carbocycles. The van der Waals surface area contributed by atoms with Crippen molar-refractivity contribution in [1.82, 2.24) is 0 Å². The van der Waals surface area contributed by atoms with Gasteiger partial charge in [0.05, 0.1) is 5.56 Å². The third kappa shape index (κ3) is 5.98. The predicted molar refractivity (Wildman–Crippen MR) is 113 cm³/mol. The van der Waals surface area contributed by atoms with Gasteiger partial charge in [-0.25, -0.2) is 4.79 Å². The van der Waals surface area contributed by atoms with Gasteiger partial charge < -0.3 is 14.8 Å². The number of nitrogens with one attached hydrogen (secondary N) is 1. The van der Waals surface area contributed by atoms with Gasteiger partial charge in [-0.15, -0.1) is 0 Å². The average molecular weight is 439 g/mol. The van der Waals surface area contributed by atoms with Gasteiger partial charge in [-0.3, -0.25) is 9.59 Å². The predicted octanol–water partition coefficient (Wildman–Crippen LogP) is 4.62. The molecule has 0 atom stereocenters. The Labute approximate surface area is 182 Å². The molecule has 0 bridgehead atoms. The number of ether oxygens (including phenoxy) is 2. The lowest BCUT2D eigenvalue weighted by atomic mass is 9.98. The summed E-state index contributed by atoms with van der Waals surface area (Å²) in [5.41, 5.74) is 1.93. The molecule has 0 fully saturated rings. The summed E-state index contributed by atoms with van der Waals surface area (Å²) in [7, 11) is 0. The summed E-state index contributed by atoms with van der Waals surface area (Å²) < 4.78 is 33.6. The van der Waals surface area contributed by atoms with Gasteiger partial charge in [0.2, 0.25) is 0 Å². The molecule has 0 spiro atoms. The van der Waals surface area contributed by atoms with Crippen LogP contribution in [0.4, 0.5) is 14.5 Å². The van der Waals surface area contributed by atoms with Crippen molar-refractivity contribution in [3.8, 4) is 5.75 Å². The van der Waals surface area contributed by atoms with E-state index in [0.29, 0.717) is 11.3 Å². The maximum Gasteiger partial charge on any atom is 0.387 e. The van der Waals surface area contributed by atoms with Gasteiger partial charge >= 0.3 is 12.6 Å². The van der Waals surface area contributed by atoms with Crippen LogP contribution in [-0.2, 0) is 9.53 Å². The molecule has 8 heteroatoms. The van der Waals surface area contributed by atoms with Crippen LogP contribution >= 0.6 is 0 Å². The van der Waals surface area contributed by atoms with Crippen LogP contribution in [0.25, 0.3) is 0 Å². The van der Waals surface area contributed by atoms with E-state index in [-0.39, 0.29) is 22.7 Å². The van der Waals surface area contributed by atoms with E-state index < -0.39 is 25.1 Å². The van der Waals surface area contributed by atoms with Crippen molar-refractivity contribution in [2.45, 2.75) is 13.5 Å². The molecule has 1 N–H and O–H groups in total. The van der Waals surface area contributed by atoms with Crippen molar-refractivity contribution in [2.75, 3.05) is 11.9 Å². The Kier molecular flexibility index (Phi) is 7.28. The average Bonchev–Trinajstić information content (AvgIpc) is 2.78. The highest BCUT2D eigenvalue weighted by molar-refractivity contribution is 6.14. The highest BCUT2D eigenvalue weighted by atomic mass is 19.3. The lowest BCUT2D eigenvalue weighted by molar-refractivity contribution is -0.119. The van der Waals surface area contributed by atoms with Crippen molar-refractivity contribution in [3.05, 3.63) is 95.1 Å². The Morgan fingerprint density at radius 3 is 2.12 bits per heavy atom. The number of hydrogen-bond acceptors (Lipinski definition) is 5. The zero-order valence-corrected chi connectivity index (χ0v) is 17.0. The first-order chi connectivity index (χ1) is 15.3. The summed E-state index contributed by atoms with van der Waals surface area (Å²) in [6.07, 6.45) is 0. The molecule has 164 valence electrons. The second-order valence-corrected chi connectivity index (χ2v) is 6.77. The summed E-state index contributed by atoms with van der Waals surface area (Å²) in [5, 5.41) is 2.47. The molecular weight excluding hydrogens is 420 g/mol. The first-order valence-electron chi connectivity index (χ1n) is 9.56. The number of carbonyl (C=O) groups is 3. The van der Waals surface area contributed by atoms with Crippen LogP contribution in [0.2, 0.25) is 0 Å².